The molecule has 0 atom stereocenters. The Bertz CT molecular complexity index is 742. The Labute approximate surface area is 147 Å². The molecule has 8 heteroatoms. The van der Waals surface area contributed by atoms with Crippen LogP contribution in [-0.4, -0.2) is 42.0 Å². The van der Waals surface area contributed by atoms with E-state index >= 15 is 0 Å². The fourth-order valence-electron chi connectivity index (χ4n) is 2.83. The molecule has 1 amide bonds. The second-order valence-corrected chi connectivity index (χ2v) is 6.88. The molecule has 2 aromatic heterocycles. The average Bonchev–Trinajstić information content (AvgIpc) is 2.86. The summed E-state index contributed by atoms with van der Waals surface area (Å²) in [5.41, 5.74) is 0.219. The molecule has 0 saturated carbocycles. The van der Waals surface area contributed by atoms with Crippen molar-refractivity contribution in [2.75, 3.05) is 31.1 Å². The maximum absolute atomic E-state index is 12.6. The number of alkyl halides is 3. The van der Waals surface area contributed by atoms with E-state index < -0.39 is 11.7 Å². The zero-order valence-corrected chi connectivity index (χ0v) is 14.5. The number of hydrogen-bond donors (Lipinski definition) is 0. The van der Waals surface area contributed by atoms with Crippen molar-refractivity contribution in [2.24, 2.45) is 0 Å². The van der Waals surface area contributed by atoms with Crippen LogP contribution in [0.15, 0.2) is 29.8 Å². The molecule has 3 rings (SSSR count). The van der Waals surface area contributed by atoms with Gasteiger partial charge in [0.15, 0.2) is 0 Å². The number of rotatable bonds is 2. The summed E-state index contributed by atoms with van der Waals surface area (Å²) in [6, 6.07) is 4.36. The lowest BCUT2D eigenvalue weighted by molar-refractivity contribution is -0.137. The summed E-state index contributed by atoms with van der Waals surface area (Å²) in [5.74, 6) is 0.532. The molecule has 4 nitrogen and oxygen atoms in total. The molecule has 0 N–H and O–H groups in total. The quantitative estimate of drug-likeness (QED) is 0.807. The van der Waals surface area contributed by atoms with Gasteiger partial charge < -0.3 is 9.80 Å². The Morgan fingerprint density at radius 1 is 1.16 bits per heavy atom. The van der Waals surface area contributed by atoms with E-state index in [2.05, 4.69) is 4.98 Å². The molecule has 2 aromatic rings. The Kier molecular flexibility index (Phi) is 4.99. The smallest absolute Gasteiger partial charge is 0.355 e. The number of anilines is 1. The van der Waals surface area contributed by atoms with Gasteiger partial charge in [-0.3, -0.25) is 4.79 Å². The number of pyridine rings is 1. The van der Waals surface area contributed by atoms with Crippen LogP contribution in [-0.2, 0) is 6.18 Å². The fraction of sp³-hybridized carbons (Fsp3) is 0.412. The van der Waals surface area contributed by atoms with E-state index in [1.54, 1.807) is 0 Å². The minimum Gasteiger partial charge on any atom is -0.355 e. The molecule has 1 fully saturated rings. The molecule has 25 heavy (non-hydrogen) atoms. The lowest BCUT2D eigenvalue weighted by atomic mass is 10.2. The SMILES string of the molecule is Cc1ccsc1C(=O)N1CCCN(c2ccc(C(F)(F)F)cn2)CC1. The molecule has 1 aliphatic heterocycles. The molecule has 134 valence electrons. The average molecular weight is 369 g/mol. The number of aryl methyl sites for hydroxylation is 1. The van der Waals surface area contributed by atoms with Crippen molar-refractivity contribution in [3.05, 3.63) is 45.8 Å². The van der Waals surface area contributed by atoms with Gasteiger partial charge in [0.1, 0.15) is 5.82 Å². The van der Waals surface area contributed by atoms with E-state index in [9.17, 15) is 18.0 Å². The molecule has 0 spiro atoms. The Hall–Kier alpha value is -2.09. The van der Waals surface area contributed by atoms with Crippen LogP contribution in [0.2, 0.25) is 0 Å². The predicted octanol–water partition coefficient (Wildman–Crippen LogP) is 3.82. The van der Waals surface area contributed by atoms with Crippen LogP contribution in [0.1, 0.15) is 27.2 Å². The van der Waals surface area contributed by atoms with Crippen LogP contribution in [0, 0.1) is 6.92 Å². The number of halogens is 3. The Morgan fingerprint density at radius 2 is 1.96 bits per heavy atom. The van der Waals surface area contributed by atoms with E-state index in [0.29, 0.717) is 32.0 Å². The standard InChI is InChI=1S/C17H18F3N3OS/c1-12-5-10-25-15(12)16(24)23-7-2-6-22(8-9-23)14-4-3-13(11-21-14)17(18,19)20/h3-5,10-11H,2,6-9H2,1H3. The summed E-state index contributed by atoms with van der Waals surface area (Å²) < 4.78 is 37.9. The van der Waals surface area contributed by atoms with Crippen molar-refractivity contribution in [1.82, 2.24) is 9.88 Å². The maximum atomic E-state index is 12.6. The zero-order chi connectivity index (χ0) is 18.0. The molecule has 0 aliphatic carbocycles. The first-order valence-electron chi connectivity index (χ1n) is 7.98. The van der Waals surface area contributed by atoms with Crippen LogP contribution in [0.25, 0.3) is 0 Å². The number of thiophene rings is 1. The normalized spacial score (nSPS) is 16.0. The van der Waals surface area contributed by atoms with Gasteiger partial charge >= 0.3 is 6.18 Å². The molecule has 0 radical (unpaired) electrons. The van der Waals surface area contributed by atoms with E-state index in [0.717, 1.165) is 29.1 Å². The number of carbonyl (C=O) groups is 1. The molecule has 1 aliphatic rings. The summed E-state index contributed by atoms with van der Waals surface area (Å²) in [4.78, 5) is 21.0. The molecular weight excluding hydrogens is 351 g/mol. The summed E-state index contributed by atoms with van der Waals surface area (Å²) in [6.07, 6.45) is -2.77. The van der Waals surface area contributed by atoms with E-state index in [1.165, 1.54) is 17.4 Å². The number of amides is 1. The first-order valence-corrected chi connectivity index (χ1v) is 8.86. The summed E-state index contributed by atoms with van der Waals surface area (Å²) in [6.45, 7) is 4.28. The molecule has 3 heterocycles. The van der Waals surface area contributed by atoms with Gasteiger partial charge in [0, 0.05) is 32.4 Å². The largest absolute Gasteiger partial charge is 0.417 e. The zero-order valence-electron chi connectivity index (χ0n) is 13.7. The lowest BCUT2D eigenvalue weighted by Crippen LogP contribution is -2.35. The minimum atomic E-state index is -4.38. The summed E-state index contributed by atoms with van der Waals surface area (Å²) in [5, 5.41) is 1.90. The van der Waals surface area contributed by atoms with E-state index in [4.69, 9.17) is 0 Å². The number of carbonyl (C=O) groups excluding carboxylic acids is 1. The number of aromatic nitrogens is 1. The van der Waals surface area contributed by atoms with Gasteiger partial charge in [-0.15, -0.1) is 11.3 Å². The second kappa shape index (κ2) is 7.03. The lowest BCUT2D eigenvalue weighted by Gasteiger charge is -2.23. The summed E-state index contributed by atoms with van der Waals surface area (Å²) >= 11 is 1.44. The highest BCUT2D eigenvalue weighted by Crippen LogP contribution is 2.29. The van der Waals surface area contributed by atoms with Gasteiger partial charge in [-0.05, 0) is 42.5 Å². The minimum absolute atomic E-state index is 0.0229. The van der Waals surface area contributed by atoms with Crippen LogP contribution in [0.4, 0.5) is 19.0 Å². The molecular formula is C17H18F3N3OS. The first-order chi connectivity index (χ1) is 11.9. The Morgan fingerprint density at radius 3 is 2.56 bits per heavy atom. The first kappa shape index (κ1) is 17.7. The van der Waals surface area contributed by atoms with Crippen molar-refractivity contribution in [3.63, 3.8) is 0 Å². The maximum Gasteiger partial charge on any atom is 0.417 e. The third kappa shape index (κ3) is 3.95. The highest BCUT2D eigenvalue weighted by atomic mass is 32.1. The number of hydrogen-bond acceptors (Lipinski definition) is 4. The molecule has 1 saturated heterocycles. The second-order valence-electron chi connectivity index (χ2n) is 5.97. The van der Waals surface area contributed by atoms with Crippen molar-refractivity contribution in [2.45, 2.75) is 19.5 Å². The fourth-order valence-corrected chi connectivity index (χ4v) is 3.72. The monoisotopic (exact) mass is 369 g/mol. The van der Waals surface area contributed by atoms with E-state index in [1.807, 2.05) is 28.2 Å². The van der Waals surface area contributed by atoms with Gasteiger partial charge in [0.2, 0.25) is 0 Å². The van der Waals surface area contributed by atoms with Crippen LogP contribution >= 0.6 is 11.3 Å². The van der Waals surface area contributed by atoms with Gasteiger partial charge in [-0.1, -0.05) is 0 Å². The van der Waals surface area contributed by atoms with Crippen molar-refractivity contribution < 1.29 is 18.0 Å². The van der Waals surface area contributed by atoms with Crippen LogP contribution in [0.3, 0.4) is 0 Å². The van der Waals surface area contributed by atoms with Gasteiger partial charge in [0.25, 0.3) is 5.91 Å². The number of nitrogens with zero attached hydrogens (tertiary/aromatic N) is 3. The van der Waals surface area contributed by atoms with Gasteiger partial charge in [0.05, 0.1) is 10.4 Å². The van der Waals surface area contributed by atoms with Crippen LogP contribution < -0.4 is 4.90 Å². The Balaban J connectivity index is 1.67. The topological polar surface area (TPSA) is 36.4 Å². The van der Waals surface area contributed by atoms with Crippen molar-refractivity contribution >= 4 is 23.1 Å². The summed E-state index contributed by atoms with van der Waals surface area (Å²) in [7, 11) is 0. The molecule has 0 unspecified atom stereocenters. The molecule has 0 bridgehead atoms. The van der Waals surface area contributed by atoms with E-state index in [-0.39, 0.29) is 5.91 Å². The third-order valence-corrected chi connectivity index (χ3v) is 5.24. The highest BCUT2D eigenvalue weighted by molar-refractivity contribution is 7.12. The highest BCUT2D eigenvalue weighted by Gasteiger charge is 2.31. The third-order valence-electron chi connectivity index (χ3n) is 4.24. The predicted molar refractivity (Wildman–Crippen MR) is 91.0 cm³/mol. The van der Waals surface area contributed by atoms with Crippen molar-refractivity contribution in [1.29, 1.82) is 0 Å². The van der Waals surface area contributed by atoms with Crippen molar-refractivity contribution in [3.8, 4) is 0 Å². The van der Waals surface area contributed by atoms with Gasteiger partial charge in [-0.25, -0.2) is 4.98 Å². The van der Waals surface area contributed by atoms with Gasteiger partial charge in [-0.2, -0.15) is 13.2 Å². The molecule has 0 aromatic carbocycles. The van der Waals surface area contributed by atoms with Crippen LogP contribution in [0.5, 0.6) is 0 Å².